The Balaban J connectivity index is 2.70. The number of carbonyl (C=O) groups excluding carboxylic acids is 2. The summed E-state index contributed by atoms with van der Waals surface area (Å²) >= 11 is 5.33. The summed E-state index contributed by atoms with van der Waals surface area (Å²) < 4.78 is 9.68. The lowest BCUT2D eigenvalue weighted by Gasteiger charge is -2.00. The van der Waals surface area contributed by atoms with Crippen molar-refractivity contribution in [2.45, 2.75) is 13.5 Å². The third-order valence-corrected chi connectivity index (χ3v) is 2.25. The summed E-state index contributed by atoms with van der Waals surface area (Å²) in [4.78, 5) is 22.1. The maximum Gasteiger partial charge on any atom is 0.373 e. The summed E-state index contributed by atoms with van der Waals surface area (Å²) in [6, 6.07) is 1.54. The molecule has 88 valence electrons. The van der Waals surface area contributed by atoms with Crippen molar-refractivity contribution >= 4 is 23.5 Å². The standard InChI is InChI=1S/C10H12ClNO4/c1-6-7(5-12-9(13)4-11)3-8(16-6)10(14)15-2/h3H,4-5H2,1-2H3,(H,12,13). The first-order valence-electron chi connectivity index (χ1n) is 4.58. The van der Waals surface area contributed by atoms with Gasteiger partial charge in [0.2, 0.25) is 11.7 Å². The predicted octanol–water partition coefficient (Wildman–Crippen LogP) is 1.23. The van der Waals surface area contributed by atoms with Gasteiger partial charge >= 0.3 is 5.97 Å². The molecular formula is C10H12ClNO4. The Kier molecular flexibility index (Phi) is 4.37. The molecule has 0 spiro atoms. The number of hydrogen-bond acceptors (Lipinski definition) is 4. The van der Waals surface area contributed by atoms with Gasteiger partial charge < -0.3 is 14.5 Å². The van der Waals surface area contributed by atoms with Gasteiger partial charge in [-0.1, -0.05) is 0 Å². The zero-order chi connectivity index (χ0) is 12.1. The zero-order valence-electron chi connectivity index (χ0n) is 9.00. The van der Waals surface area contributed by atoms with Crippen LogP contribution in [0, 0.1) is 6.92 Å². The molecule has 1 heterocycles. The number of alkyl halides is 1. The number of nitrogens with one attached hydrogen (secondary N) is 1. The van der Waals surface area contributed by atoms with Crippen LogP contribution in [0.3, 0.4) is 0 Å². The van der Waals surface area contributed by atoms with Gasteiger partial charge in [-0.15, -0.1) is 11.6 Å². The Morgan fingerprint density at radius 3 is 2.81 bits per heavy atom. The van der Waals surface area contributed by atoms with Gasteiger partial charge in [0.05, 0.1) is 7.11 Å². The van der Waals surface area contributed by atoms with Crippen LogP contribution in [0.25, 0.3) is 0 Å². The van der Waals surface area contributed by atoms with Crippen LogP contribution < -0.4 is 5.32 Å². The monoisotopic (exact) mass is 245 g/mol. The minimum atomic E-state index is -0.544. The molecule has 0 unspecified atom stereocenters. The SMILES string of the molecule is COC(=O)c1cc(CNC(=O)CCl)c(C)o1. The Labute approximate surface area is 97.7 Å². The molecule has 0 fully saturated rings. The fourth-order valence-electron chi connectivity index (χ4n) is 1.14. The Morgan fingerprint density at radius 1 is 1.56 bits per heavy atom. The number of halogens is 1. The molecule has 1 N–H and O–H groups in total. The van der Waals surface area contributed by atoms with E-state index in [1.165, 1.54) is 13.2 Å². The first-order chi connectivity index (χ1) is 7.58. The van der Waals surface area contributed by atoms with E-state index in [4.69, 9.17) is 16.0 Å². The lowest BCUT2D eigenvalue weighted by atomic mass is 10.2. The Morgan fingerprint density at radius 2 is 2.25 bits per heavy atom. The van der Waals surface area contributed by atoms with E-state index in [9.17, 15) is 9.59 Å². The number of esters is 1. The second-order valence-corrected chi connectivity index (χ2v) is 3.36. The normalized spacial score (nSPS) is 9.94. The van der Waals surface area contributed by atoms with Gasteiger partial charge in [-0.2, -0.15) is 0 Å². The van der Waals surface area contributed by atoms with Crippen molar-refractivity contribution in [2.24, 2.45) is 0 Å². The fourth-order valence-corrected chi connectivity index (χ4v) is 1.23. The summed E-state index contributed by atoms with van der Waals surface area (Å²) in [7, 11) is 1.27. The van der Waals surface area contributed by atoms with Crippen molar-refractivity contribution in [3.63, 3.8) is 0 Å². The largest absolute Gasteiger partial charge is 0.463 e. The van der Waals surface area contributed by atoms with Crippen molar-refractivity contribution in [2.75, 3.05) is 13.0 Å². The number of furan rings is 1. The third-order valence-electron chi connectivity index (χ3n) is 2.00. The maximum absolute atomic E-state index is 11.1. The molecule has 0 saturated heterocycles. The molecule has 0 aromatic carbocycles. The molecule has 0 aliphatic carbocycles. The molecule has 0 bridgehead atoms. The molecule has 0 saturated carbocycles. The van der Waals surface area contributed by atoms with Gasteiger partial charge in [-0.05, 0) is 13.0 Å². The summed E-state index contributed by atoms with van der Waals surface area (Å²) in [5.74, 6) is -0.230. The summed E-state index contributed by atoms with van der Waals surface area (Å²) in [5.41, 5.74) is 0.721. The van der Waals surface area contributed by atoms with Gasteiger partial charge in [0, 0.05) is 12.1 Å². The first kappa shape index (κ1) is 12.6. The number of rotatable bonds is 4. The van der Waals surface area contributed by atoms with E-state index in [0.717, 1.165) is 5.56 Å². The van der Waals surface area contributed by atoms with Crippen LogP contribution in [0.15, 0.2) is 10.5 Å². The van der Waals surface area contributed by atoms with Crippen LogP contribution in [-0.2, 0) is 16.1 Å². The van der Waals surface area contributed by atoms with Gasteiger partial charge in [-0.3, -0.25) is 4.79 Å². The van der Waals surface area contributed by atoms with E-state index < -0.39 is 5.97 Å². The molecule has 1 aromatic rings. The van der Waals surface area contributed by atoms with Gasteiger partial charge in [0.15, 0.2) is 0 Å². The number of methoxy groups -OCH3 is 1. The summed E-state index contributed by atoms with van der Waals surface area (Å²) in [6.07, 6.45) is 0. The quantitative estimate of drug-likeness (QED) is 0.640. The van der Waals surface area contributed by atoms with Crippen LogP contribution in [-0.4, -0.2) is 24.9 Å². The lowest BCUT2D eigenvalue weighted by molar-refractivity contribution is -0.118. The molecular weight excluding hydrogens is 234 g/mol. The second-order valence-electron chi connectivity index (χ2n) is 3.09. The Hall–Kier alpha value is -1.49. The molecule has 1 rings (SSSR count). The molecule has 0 aliphatic heterocycles. The van der Waals surface area contributed by atoms with E-state index >= 15 is 0 Å². The van der Waals surface area contributed by atoms with Crippen molar-refractivity contribution < 1.29 is 18.7 Å². The highest BCUT2D eigenvalue weighted by Crippen LogP contribution is 2.15. The van der Waals surface area contributed by atoms with E-state index in [1.807, 2.05) is 0 Å². The average Bonchev–Trinajstić information content (AvgIpc) is 2.66. The smallest absolute Gasteiger partial charge is 0.373 e. The van der Waals surface area contributed by atoms with Gasteiger partial charge in [0.25, 0.3) is 0 Å². The van der Waals surface area contributed by atoms with Crippen LogP contribution in [0.4, 0.5) is 0 Å². The van der Waals surface area contributed by atoms with Crippen LogP contribution in [0.5, 0.6) is 0 Å². The summed E-state index contributed by atoms with van der Waals surface area (Å²) in [6.45, 7) is 1.98. The number of ether oxygens (including phenoxy) is 1. The van der Waals surface area contributed by atoms with Gasteiger partial charge in [-0.25, -0.2) is 4.79 Å². The van der Waals surface area contributed by atoms with Crippen LogP contribution in [0.1, 0.15) is 21.9 Å². The van der Waals surface area contributed by atoms with Crippen LogP contribution >= 0.6 is 11.6 Å². The van der Waals surface area contributed by atoms with Crippen LogP contribution in [0.2, 0.25) is 0 Å². The molecule has 5 nitrogen and oxygen atoms in total. The van der Waals surface area contributed by atoms with Gasteiger partial charge in [0.1, 0.15) is 11.6 Å². The molecule has 6 heteroatoms. The topological polar surface area (TPSA) is 68.5 Å². The van der Waals surface area contributed by atoms with Crippen molar-refractivity contribution in [1.82, 2.24) is 5.32 Å². The lowest BCUT2D eigenvalue weighted by Crippen LogP contribution is -2.23. The predicted molar refractivity (Wildman–Crippen MR) is 57.4 cm³/mol. The molecule has 0 aliphatic rings. The average molecular weight is 246 g/mol. The minimum absolute atomic E-state index is 0.0965. The molecule has 1 aromatic heterocycles. The summed E-state index contributed by atoms with van der Waals surface area (Å²) in [5, 5.41) is 2.58. The number of hydrogen-bond donors (Lipinski definition) is 1. The van der Waals surface area contributed by atoms with E-state index in [-0.39, 0.29) is 24.1 Å². The van der Waals surface area contributed by atoms with E-state index in [2.05, 4.69) is 10.1 Å². The van der Waals surface area contributed by atoms with E-state index in [1.54, 1.807) is 6.92 Å². The number of aryl methyl sites for hydroxylation is 1. The highest BCUT2D eigenvalue weighted by Gasteiger charge is 2.14. The maximum atomic E-state index is 11.1. The zero-order valence-corrected chi connectivity index (χ0v) is 9.76. The minimum Gasteiger partial charge on any atom is -0.463 e. The number of amides is 1. The highest BCUT2D eigenvalue weighted by atomic mass is 35.5. The molecule has 16 heavy (non-hydrogen) atoms. The van der Waals surface area contributed by atoms with Crippen molar-refractivity contribution in [3.8, 4) is 0 Å². The highest BCUT2D eigenvalue weighted by molar-refractivity contribution is 6.27. The second kappa shape index (κ2) is 5.55. The number of carbonyl (C=O) groups is 2. The molecule has 0 atom stereocenters. The molecule has 0 radical (unpaired) electrons. The van der Waals surface area contributed by atoms with E-state index in [0.29, 0.717) is 5.76 Å². The Bertz CT molecular complexity index is 400. The molecule has 1 amide bonds. The fraction of sp³-hybridized carbons (Fsp3) is 0.400. The van der Waals surface area contributed by atoms with Crippen molar-refractivity contribution in [3.05, 3.63) is 23.2 Å². The first-order valence-corrected chi connectivity index (χ1v) is 5.12. The third kappa shape index (κ3) is 3.00. The van der Waals surface area contributed by atoms with Crippen molar-refractivity contribution in [1.29, 1.82) is 0 Å².